The van der Waals surface area contributed by atoms with Gasteiger partial charge in [-0.25, -0.2) is 0 Å². The van der Waals surface area contributed by atoms with Crippen molar-refractivity contribution in [1.82, 2.24) is 0 Å². The van der Waals surface area contributed by atoms with Crippen LogP contribution in [0.2, 0.25) is 0 Å². The Morgan fingerprint density at radius 3 is 1.47 bits per heavy atom. The van der Waals surface area contributed by atoms with Gasteiger partial charge in [0.25, 0.3) is 0 Å². The van der Waals surface area contributed by atoms with Gasteiger partial charge in [-0.3, -0.25) is 4.79 Å². The average molecular weight is 1670 g/mol. The Hall–Kier alpha value is -5.77. The smallest absolute Gasteiger partial charge is 0.187 e. The van der Waals surface area contributed by atoms with E-state index in [0.29, 0.717) is 43.5 Å². The minimum Gasteiger partial charge on any atom is -0.504 e. The third-order valence-corrected chi connectivity index (χ3v) is 27.9. The molecule has 1 heterocycles. The molecule has 11 unspecified atom stereocenters. The van der Waals surface area contributed by atoms with Gasteiger partial charge in [-0.1, -0.05) is 378 Å². The zero-order valence-corrected chi connectivity index (χ0v) is 81.8. The number of ether oxygens (including phenoxy) is 5. The van der Waals surface area contributed by atoms with Crippen molar-refractivity contribution in [3.8, 4) is 17.2 Å². The highest BCUT2D eigenvalue weighted by Crippen LogP contribution is 2.47. The largest absolute Gasteiger partial charge is 0.504 e. The topological polar surface area (TPSA) is 104 Å². The highest BCUT2D eigenvalue weighted by molar-refractivity contribution is 6.00. The molecular weight excluding hydrogens is 1490 g/mol. The van der Waals surface area contributed by atoms with E-state index in [4.69, 9.17) is 30.3 Å². The number of unbranched alkanes of at least 4 members (excludes halogenated alkanes) is 23. The van der Waals surface area contributed by atoms with Crippen molar-refractivity contribution in [2.75, 3.05) is 20.8 Å². The first-order chi connectivity index (χ1) is 57.5. The molecule has 2 aliphatic carbocycles. The molecule has 682 valence electrons. The van der Waals surface area contributed by atoms with Crippen molar-refractivity contribution in [2.24, 2.45) is 40.4 Å². The van der Waals surface area contributed by atoms with E-state index in [1.165, 1.54) is 192 Å². The van der Waals surface area contributed by atoms with E-state index in [2.05, 4.69) is 223 Å². The van der Waals surface area contributed by atoms with Gasteiger partial charge < -0.3 is 33.9 Å². The quantitative estimate of drug-likeness (QED) is 0.0378. The number of hydrogen-bond donors (Lipinski definition) is 2. The Balaban J connectivity index is 1.53. The summed E-state index contributed by atoms with van der Waals surface area (Å²) in [7, 11) is 3.23. The molecule has 4 rings (SSSR count). The highest BCUT2D eigenvalue weighted by Gasteiger charge is 2.49. The molecule has 0 amide bonds. The van der Waals surface area contributed by atoms with Gasteiger partial charge in [0.15, 0.2) is 17.3 Å². The van der Waals surface area contributed by atoms with E-state index >= 15 is 4.79 Å². The predicted molar refractivity (Wildman–Crippen MR) is 524 cm³/mol. The molecule has 0 bridgehead atoms. The Labute approximate surface area is 744 Å². The SMILES string of the molecule is C=C(C)C(C)CCC(=C)C(C)CCC(C)(O)C1CC(C(C)(CCC(C)C(=C)CCC(C)C(=C)C)OC(CCCCCCCCCCCCCCCCCCCCCc2cc(OC)cc(OC)c2O)C(CCCCCCCC)OC2CC(C)(C)C(/C=C/C(C)=C/C=C/C(C)=C/C=C/C=C(C)/C=C/C=C(C)/C=C/C3=C(C)CCCC3(C)C)=C(C)C2=O)CO1. The Morgan fingerprint density at radius 2 is 1.00 bits per heavy atom. The van der Waals surface area contributed by atoms with E-state index in [-0.39, 0.29) is 58.4 Å². The second-order valence-corrected chi connectivity index (χ2v) is 40.0. The van der Waals surface area contributed by atoms with Crippen molar-refractivity contribution in [1.29, 1.82) is 0 Å². The number of rotatable bonds is 64. The van der Waals surface area contributed by atoms with Crippen LogP contribution in [0, 0.1) is 40.4 Å². The summed E-state index contributed by atoms with van der Waals surface area (Å²) in [6.07, 6.45) is 74.7. The molecule has 0 radical (unpaired) electrons. The van der Waals surface area contributed by atoms with Gasteiger partial charge >= 0.3 is 0 Å². The maximum atomic E-state index is 15.3. The molecule has 3 aliphatic rings. The van der Waals surface area contributed by atoms with Crippen LogP contribution in [0.4, 0.5) is 0 Å². The second kappa shape index (κ2) is 57.8. The van der Waals surface area contributed by atoms with Crippen molar-refractivity contribution in [3.63, 3.8) is 0 Å². The first kappa shape index (κ1) is 108. The standard InChI is InChI=1S/C113H182O8/c1-26-27-28-29-46-49-64-103(120-106-82-111(20,21)102(97(17)108(106)114)73-67-89(9)61-54-59-87(7)57-52-51-56-86(6)58-53-60-88(8)66-72-101-96(16)62-55-76-110(101,18)19)104(65-50-47-44-42-40-38-36-34-32-30-31-33-35-37-39-41-43-45-48-63-98-79-100(117-24)81-105(118-25)109(98)115)121-113(23,78-75-95(15)93(13)71-69-91(11)85(4)5)99-80-107(119-83-99)112(22,116)77-74-94(14)92(12)70-68-90(10)84(2)3/h51-54,56-61,66-67,72-73,79,81,90-91,94-95,99,103-104,106-107,115-116H,2,4,12-13,26-50,55,62-65,68-71,74-78,80,82-83H2,1,3,5-11,14-25H3/b52-51+,58-53+,59-54+,72-66+,73-67+,86-56+,87-57+,88-60+,89-61+. The number of hydrogen-bond acceptors (Lipinski definition) is 8. The molecule has 8 heteroatoms. The summed E-state index contributed by atoms with van der Waals surface area (Å²) in [5.41, 5.74) is 13.7. The molecule has 0 aromatic heterocycles. The number of aliphatic hydroxyl groups is 1. The predicted octanol–water partition coefficient (Wildman–Crippen LogP) is 32.9. The van der Waals surface area contributed by atoms with Crippen LogP contribution >= 0.6 is 0 Å². The number of carbonyl (C=O) groups is 1. The Kier molecular flexibility index (Phi) is 51.3. The molecule has 121 heavy (non-hydrogen) atoms. The minimum atomic E-state index is -1.03. The molecule has 1 fully saturated rings. The number of ketones is 1. The number of allylic oxidation sites excluding steroid dienone is 25. The Bertz CT molecular complexity index is 3630. The fourth-order valence-electron chi connectivity index (χ4n) is 18.1. The maximum absolute atomic E-state index is 15.3. The van der Waals surface area contributed by atoms with E-state index < -0.39 is 17.3 Å². The number of aryl methyl sites for hydroxylation is 1. The third-order valence-electron chi connectivity index (χ3n) is 27.9. The summed E-state index contributed by atoms with van der Waals surface area (Å²) in [5.74, 6) is 3.02. The van der Waals surface area contributed by atoms with E-state index in [0.717, 1.165) is 130 Å². The summed E-state index contributed by atoms with van der Waals surface area (Å²) in [6.45, 7) is 60.6. The summed E-state index contributed by atoms with van der Waals surface area (Å²) in [5, 5.41) is 23.2. The first-order valence-electron chi connectivity index (χ1n) is 48.8. The van der Waals surface area contributed by atoms with Crippen LogP contribution < -0.4 is 9.47 Å². The number of carbonyl (C=O) groups excluding carboxylic acids is 1. The lowest BCUT2D eigenvalue weighted by Crippen LogP contribution is -2.48. The van der Waals surface area contributed by atoms with Crippen molar-refractivity contribution < 1.29 is 38.7 Å². The van der Waals surface area contributed by atoms with Crippen molar-refractivity contribution >= 4 is 5.78 Å². The van der Waals surface area contributed by atoms with E-state index in [1.54, 1.807) is 20.3 Å². The molecule has 0 saturated carbocycles. The number of phenols is 1. The molecule has 11 atom stereocenters. The first-order valence-corrected chi connectivity index (χ1v) is 48.8. The summed E-state index contributed by atoms with van der Waals surface area (Å²) in [4.78, 5) is 15.3. The molecule has 1 aromatic carbocycles. The van der Waals surface area contributed by atoms with E-state index in [9.17, 15) is 10.2 Å². The zero-order chi connectivity index (χ0) is 89.6. The molecule has 1 aliphatic heterocycles. The number of aromatic hydroxyl groups is 1. The minimum absolute atomic E-state index is 0.0309. The Morgan fingerprint density at radius 1 is 0.554 bits per heavy atom. The van der Waals surface area contributed by atoms with E-state index in [1.807, 2.05) is 19.9 Å². The number of methoxy groups -OCH3 is 2. The molecule has 8 nitrogen and oxygen atoms in total. The fourth-order valence-corrected chi connectivity index (χ4v) is 18.1. The molecule has 1 aromatic rings. The second-order valence-electron chi connectivity index (χ2n) is 40.0. The van der Waals surface area contributed by atoms with Gasteiger partial charge in [0, 0.05) is 17.5 Å². The monoisotopic (exact) mass is 1670 g/mol. The summed E-state index contributed by atoms with van der Waals surface area (Å²) < 4.78 is 33.4. The normalized spacial score (nSPS) is 20.3. The third kappa shape index (κ3) is 41.0. The molecule has 1 saturated heterocycles. The van der Waals surface area contributed by atoms with Crippen molar-refractivity contribution in [3.05, 3.63) is 196 Å². The summed E-state index contributed by atoms with van der Waals surface area (Å²) >= 11 is 0. The van der Waals surface area contributed by atoms with Gasteiger partial charge in [-0.2, -0.15) is 0 Å². The van der Waals surface area contributed by atoms with Crippen LogP contribution in [0.15, 0.2) is 190 Å². The maximum Gasteiger partial charge on any atom is 0.187 e. The molecule has 2 N–H and O–H groups in total. The number of phenolic OH excluding ortho intramolecular Hbond substituents is 1. The molecule has 0 spiro atoms. The van der Waals surface area contributed by atoms with Crippen LogP contribution in [0.1, 0.15) is 394 Å². The lowest BCUT2D eigenvalue weighted by atomic mass is 9.70. The zero-order valence-electron chi connectivity index (χ0n) is 81.8. The van der Waals surface area contributed by atoms with Crippen LogP contribution in [-0.4, -0.2) is 72.4 Å². The molecular formula is C113H182O8. The lowest BCUT2D eigenvalue weighted by molar-refractivity contribution is -0.186. The van der Waals surface area contributed by atoms with Gasteiger partial charge in [0.1, 0.15) is 11.9 Å². The average Bonchev–Trinajstić information content (AvgIpc) is 0.825. The van der Waals surface area contributed by atoms with Gasteiger partial charge in [-0.05, 0) is 236 Å². The van der Waals surface area contributed by atoms with Gasteiger partial charge in [0.05, 0.1) is 50.3 Å². The van der Waals surface area contributed by atoms with Gasteiger partial charge in [-0.15, -0.1) is 0 Å². The van der Waals surface area contributed by atoms with Crippen LogP contribution in [-0.2, 0) is 25.4 Å². The van der Waals surface area contributed by atoms with Crippen molar-refractivity contribution in [2.45, 2.75) is 430 Å². The lowest BCUT2D eigenvalue weighted by Gasteiger charge is -2.43. The van der Waals surface area contributed by atoms with Crippen LogP contribution in [0.25, 0.3) is 0 Å². The highest BCUT2D eigenvalue weighted by atomic mass is 16.6. The van der Waals surface area contributed by atoms with Crippen LogP contribution in [0.5, 0.6) is 17.2 Å². The number of Topliss-reactive ketones (excluding diaryl/α,β-unsaturated/α-hetero) is 1. The summed E-state index contributed by atoms with van der Waals surface area (Å²) in [6, 6.07) is 3.67. The van der Waals surface area contributed by atoms with Gasteiger partial charge in [0.2, 0.25) is 0 Å². The van der Waals surface area contributed by atoms with Crippen LogP contribution in [0.3, 0.4) is 0 Å². The number of benzene rings is 1. The fraction of sp³-hybridized carbons (Fsp3) is 0.673.